The lowest BCUT2D eigenvalue weighted by Crippen LogP contribution is -2.28. The van der Waals surface area contributed by atoms with Gasteiger partial charge in [0.2, 0.25) is 0 Å². The summed E-state index contributed by atoms with van der Waals surface area (Å²) in [5, 5.41) is 13.5. The van der Waals surface area contributed by atoms with Crippen LogP contribution in [0.25, 0.3) is 11.0 Å². The number of ether oxygens (including phenoxy) is 1. The average Bonchev–Trinajstić information content (AvgIpc) is 2.78. The maximum atomic E-state index is 12.1. The van der Waals surface area contributed by atoms with Gasteiger partial charge in [-0.15, -0.1) is 0 Å². The fraction of sp³-hybridized carbons (Fsp3) is 0.400. The highest BCUT2D eigenvalue weighted by atomic mass is 35.5. The van der Waals surface area contributed by atoms with E-state index in [1.807, 2.05) is 19.1 Å². The molecular weight excluding hydrogens is 294 g/mol. The highest BCUT2D eigenvalue weighted by Gasteiger charge is 2.18. The molecule has 6 heteroatoms. The number of furan rings is 1. The topological polar surface area (TPSA) is 71.7 Å². The molecule has 0 fully saturated rings. The van der Waals surface area contributed by atoms with Crippen molar-refractivity contribution < 1.29 is 19.1 Å². The second kappa shape index (κ2) is 6.93. The number of hydrogen-bond donors (Lipinski definition) is 2. The highest BCUT2D eigenvalue weighted by molar-refractivity contribution is 6.35. The Morgan fingerprint density at radius 3 is 2.95 bits per heavy atom. The van der Waals surface area contributed by atoms with Crippen LogP contribution in [-0.4, -0.2) is 37.4 Å². The van der Waals surface area contributed by atoms with Crippen LogP contribution in [0.5, 0.6) is 0 Å². The molecule has 0 saturated heterocycles. The number of nitrogens with one attached hydrogen (secondary N) is 1. The van der Waals surface area contributed by atoms with Crippen LogP contribution in [0.4, 0.5) is 0 Å². The van der Waals surface area contributed by atoms with Crippen molar-refractivity contribution in [1.29, 1.82) is 0 Å². The number of amides is 1. The molecule has 0 aliphatic heterocycles. The molecule has 1 amide bonds. The van der Waals surface area contributed by atoms with Gasteiger partial charge in [0.15, 0.2) is 11.3 Å². The van der Waals surface area contributed by atoms with Gasteiger partial charge in [0.1, 0.15) is 0 Å². The fourth-order valence-electron chi connectivity index (χ4n) is 2.13. The molecule has 1 heterocycles. The molecule has 0 saturated carbocycles. The molecule has 0 spiro atoms. The van der Waals surface area contributed by atoms with E-state index in [1.54, 1.807) is 6.07 Å². The molecule has 1 atom stereocenters. The smallest absolute Gasteiger partial charge is 0.287 e. The zero-order valence-electron chi connectivity index (χ0n) is 12.0. The van der Waals surface area contributed by atoms with Crippen molar-refractivity contribution in [2.24, 2.45) is 0 Å². The van der Waals surface area contributed by atoms with Crippen LogP contribution >= 0.6 is 11.6 Å². The second-order valence-electron chi connectivity index (χ2n) is 4.83. The number of halogens is 1. The first-order valence-corrected chi connectivity index (χ1v) is 7.05. The van der Waals surface area contributed by atoms with Gasteiger partial charge >= 0.3 is 0 Å². The summed E-state index contributed by atoms with van der Waals surface area (Å²) in [6.07, 6.45) is -0.180. The van der Waals surface area contributed by atoms with E-state index in [1.165, 1.54) is 7.11 Å². The number of aliphatic hydroxyl groups excluding tert-OH is 1. The van der Waals surface area contributed by atoms with Crippen molar-refractivity contribution in [3.63, 3.8) is 0 Å². The van der Waals surface area contributed by atoms with E-state index in [9.17, 15) is 9.90 Å². The third-order valence-electron chi connectivity index (χ3n) is 3.24. The van der Waals surface area contributed by atoms with E-state index in [0.717, 1.165) is 10.9 Å². The number of rotatable bonds is 6. The van der Waals surface area contributed by atoms with Crippen LogP contribution in [0.3, 0.4) is 0 Å². The Morgan fingerprint density at radius 1 is 1.52 bits per heavy atom. The first-order chi connectivity index (χ1) is 10.0. The molecule has 2 aromatic rings. The summed E-state index contributed by atoms with van der Waals surface area (Å²) in [5.74, 6) is -0.0660. The van der Waals surface area contributed by atoms with Gasteiger partial charge in [0.25, 0.3) is 5.91 Å². The zero-order valence-corrected chi connectivity index (χ0v) is 12.7. The monoisotopic (exact) mass is 311 g/mol. The van der Waals surface area contributed by atoms with Crippen molar-refractivity contribution in [2.75, 3.05) is 20.3 Å². The van der Waals surface area contributed by atoms with E-state index in [2.05, 4.69) is 5.32 Å². The minimum absolute atomic E-state index is 0.245. The van der Waals surface area contributed by atoms with Gasteiger partial charge < -0.3 is 19.6 Å². The van der Waals surface area contributed by atoms with Gasteiger partial charge in [-0.05, 0) is 19.4 Å². The summed E-state index contributed by atoms with van der Waals surface area (Å²) in [7, 11) is 1.52. The molecule has 0 aliphatic rings. The van der Waals surface area contributed by atoms with E-state index >= 15 is 0 Å². The number of hydrogen-bond acceptors (Lipinski definition) is 4. The van der Waals surface area contributed by atoms with Gasteiger partial charge in [0.05, 0.1) is 17.7 Å². The Balaban J connectivity index is 2.06. The predicted molar refractivity (Wildman–Crippen MR) is 80.8 cm³/mol. The van der Waals surface area contributed by atoms with E-state index in [-0.39, 0.29) is 18.3 Å². The van der Waals surface area contributed by atoms with Crippen LogP contribution in [0.2, 0.25) is 5.02 Å². The molecule has 0 bridgehead atoms. The maximum Gasteiger partial charge on any atom is 0.287 e. The number of aliphatic hydroxyl groups is 1. The summed E-state index contributed by atoms with van der Waals surface area (Å²) in [6, 6.07) is 5.39. The quantitative estimate of drug-likeness (QED) is 0.860. The van der Waals surface area contributed by atoms with Gasteiger partial charge in [-0.1, -0.05) is 23.7 Å². The molecule has 114 valence electrons. The Labute approximate surface area is 127 Å². The fourth-order valence-corrected chi connectivity index (χ4v) is 2.35. The Morgan fingerprint density at radius 2 is 2.29 bits per heavy atom. The van der Waals surface area contributed by atoms with Crippen molar-refractivity contribution >= 4 is 28.5 Å². The Kier molecular flexibility index (Phi) is 5.22. The highest BCUT2D eigenvalue weighted by Crippen LogP contribution is 2.30. The Bertz CT molecular complexity index is 638. The Hall–Kier alpha value is -1.56. The number of carbonyl (C=O) groups is 1. The summed E-state index contributed by atoms with van der Waals surface area (Å²) in [4.78, 5) is 12.1. The van der Waals surface area contributed by atoms with E-state index in [4.69, 9.17) is 20.8 Å². The molecule has 1 unspecified atom stereocenters. The molecule has 2 rings (SSSR count). The number of methoxy groups -OCH3 is 1. The molecule has 5 nitrogen and oxygen atoms in total. The van der Waals surface area contributed by atoms with Crippen LogP contribution in [-0.2, 0) is 4.74 Å². The summed E-state index contributed by atoms with van der Waals surface area (Å²) in [5.41, 5.74) is 1.27. The molecular formula is C15H18ClNO4. The van der Waals surface area contributed by atoms with Gasteiger partial charge in [0, 0.05) is 24.6 Å². The second-order valence-corrected chi connectivity index (χ2v) is 5.23. The van der Waals surface area contributed by atoms with Crippen molar-refractivity contribution in [2.45, 2.75) is 19.4 Å². The third kappa shape index (κ3) is 3.56. The molecule has 21 heavy (non-hydrogen) atoms. The minimum atomic E-state index is -0.596. The summed E-state index contributed by atoms with van der Waals surface area (Å²) < 4.78 is 10.4. The lowest BCUT2D eigenvalue weighted by Gasteiger charge is -2.09. The van der Waals surface area contributed by atoms with E-state index in [0.29, 0.717) is 23.6 Å². The normalized spacial score (nSPS) is 12.6. The first kappa shape index (κ1) is 15.8. The van der Waals surface area contributed by atoms with E-state index < -0.39 is 6.10 Å². The largest absolute Gasteiger partial charge is 0.449 e. The SMILES string of the molecule is COCC(O)CCNC(=O)c1oc2c(Cl)cccc2c1C. The standard InChI is InChI=1S/C15H18ClNO4/c1-9-11-4-3-5-12(16)14(11)21-13(9)15(19)17-7-6-10(18)8-20-2/h3-5,10,18H,6-8H2,1-2H3,(H,17,19). The van der Waals surface area contributed by atoms with Crippen LogP contribution in [0.15, 0.2) is 22.6 Å². The van der Waals surface area contributed by atoms with Crippen molar-refractivity contribution in [3.05, 3.63) is 34.5 Å². The van der Waals surface area contributed by atoms with Crippen LogP contribution in [0.1, 0.15) is 22.5 Å². The zero-order chi connectivity index (χ0) is 15.4. The first-order valence-electron chi connectivity index (χ1n) is 6.67. The molecule has 1 aromatic heterocycles. The predicted octanol–water partition coefficient (Wildman–Crippen LogP) is 2.52. The average molecular weight is 312 g/mol. The molecule has 0 aliphatic carbocycles. The molecule has 0 radical (unpaired) electrons. The van der Waals surface area contributed by atoms with Gasteiger partial charge in [-0.25, -0.2) is 0 Å². The molecule has 1 aromatic carbocycles. The number of benzene rings is 1. The van der Waals surface area contributed by atoms with Crippen LogP contribution < -0.4 is 5.32 Å². The lowest BCUT2D eigenvalue weighted by atomic mass is 10.1. The van der Waals surface area contributed by atoms with Crippen molar-refractivity contribution in [3.8, 4) is 0 Å². The summed E-state index contributed by atoms with van der Waals surface area (Å²) >= 11 is 6.06. The number of para-hydroxylation sites is 1. The molecule has 2 N–H and O–H groups in total. The lowest BCUT2D eigenvalue weighted by molar-refractivity contribution is 0.0586. The summed E-state index contributed by atoms with van der Waals surface area (Å²) in [6.45, 7) is 2.40. The van der Waals surface area contributed by atoms with Crippen molar-refractivity contribution in [1.82, 2.24) is 5.32 Å². The van der Waals surface area contributed by atoms with Crippen LogP contribution in [0, 0.1) is 6.92 Å². The minimum Gasteiger partial charge on any atom is -0.449 e. The number of fused-ring (bicyclic) bond motifs is 1. The number of aryl methyl sites for hydroxylation is 1. The van der Waals surface area contributed by atoms with Gasteiger partial charge in [-0.2, -0.15) is 0 Å². The van der Waals surface area contributed by atoms with Gasteiger partial charge in [-0.3, -0.25) is 4.79 Å². The maximum absolute atomic E-state index is 12.1. The third-order valence-corrected chi connectivity index (χ3v) is 3.54. The number of carbonyl (C=O) groups excluding carboxylic acids is 1.